The molecular weight excluding hydrogens is 377 g/mol. The molecule has 0 unspecified atom stereocenters. The van der Waals surface area contributed by atoms with Crippen molar-refractivity contribution in [2.45, 2.75) is 26.4 Å². The standard InChI is InChI=1S/C16H16BrF3O3/c1-3-11(6-14(17)10(2)22)9-23-15-7-13(16(18,19)20)5-4-12(15)8-21/h4-8,22H,3,9H2,1-2H3/b11-6+,14-10-. The van der Waals surface area contributed by atoms with Gasteiger partial charge in [0.2, 0.25) is 0 Å². The maximum atomic E-state index is 12.7. The first-order valence-corrected chi connectivity index (χ1v) is 7.52. The largest absolute Gasteiger partial charge is 0.511 e. The van der Waals surface area contributed by atoms with Crippen LogP contribution in [0.1, 0.15) is 36.2 Å². The SMILES string of the molecule is CC/C(=C\C(Br)=C(/C)O)COc1cc(C(F)(F)F)ccc1C=O. The molecular formula is C16H16BrF3O3. The number of carbonyl (C=O) groups is 1. The Morgan fingerprint density at radius 3 is 2.52 bits per heavy atom. The Kier molecular flexibility index (Phi) is 6.87. The van der Waals surface area contributed by atoms with Gasteiger partial charge in [-0.1, -0.05) is 6.92 Å². The molecule has 7 heteroatoms. The fourth-order valence-corrected chi connectivity index (χ4v) is 1.96. The summed E-state index contributed by atoms with van der Waals surface area (Å²) in [6.45, 7) is 3.34. The topological polar surface area (TPSA) is 46.5 Å². The van der Waals surface area contributed by atoms with E-state index in [9.17, 15) is 23.1 Å². The Morgan fingerprint density at radius 2 is 2.04 bits per heavy atom. The van der Waals surface area contributed by atoms with Crippen molar-refractivity contribution in [3.63, 3.8) is 0 Å². The highest BCUT2D eigenvalue weighted by Gasteiger charge is 2.31. The van der Waals surface area contributed by atoms with Crippen LogP contribution < -0.4 is 4.74 Å². The van der Waals surface area contributed by atoms with Crippen molar-refractivity contribution in [1.29, 1.82) is 0 Å². The third-order valence-corrected chi connectivity index (χ3v) is 3.81. The van der Waals surface area contributed by atoms with Gasteiger partial charge < -0.3 is 9.84 Å². The number of hydrogen-bond donors (Lipinski definition) is 1. The van der Waals surface area contributed by atoms with E-state index in [0.717, 1.165) is 23.8 Å². The second kappa shape index (κ2) is 8.19. The summed E-state index contributed by atoms with van der Waals surface area (Å²) in [5, 5.41) is 9.33. The Morgan fingerprint density at radius 1 is 1.39 bits per heavy atom. The molecule has 0 saturated carbocycles. The van der Waals surface area contributed by atoms with Gasteiger partial charge in [0.25, 0.3) is 0 Å². The lowest BCUT2D eigenvalue weighted by Crippen LogP contribution is -2.08. The van der Waals surface area contributed by atoms with Crippen molar-refractivity contribution >= 4 is 22.2 Å². The number of ether oxygens (including phenoxy) is 1. The zero-order valence-electron chi connectivity index (χ0n) is 12.6. The fourth-order valence-electron chi connectivity index (χ4n) is 1.63. The van der Waals surface area contributed by atoms with Crippen molar-refractivity contribution in [2.24, 2.45) is 0 Å². The second-order valence-corrected chi connectivity index (χ2v) is 5.60. The van der Waals surface area contributed by atoms with E-state index in [0.29, 0.717) is 17.2 Å². The highest BCUT2D eigenvalue weighted by molar-refractivity contribution is 9.11. The van der Waals surface area contributed by atoms with E-state index in [-0.39, 0.29) is 23.7 Å². The molecule has 0 aliphatic carbocycles. The van der Waals surface area contributed by atoms with Gasteiger partial charge in [0, 0.05) is 0 Å². The number of benzene rings is 1. The first kappa shape index (κ1) is 19.3. The monoisotopic (exact) mass is 392 g/mol. The zero-order valence-corrected chi connectivity index (χ0v) is 14.2. The summed E-state index contributed by atoms with van der Waals surface area (Å²) in [5.41, 5.74) is -0.103. The van der Waals surface area contributed by atoms with Gasteiger partial charge in [-0.15, -0.1) is 0 Å². The third kappa shape index (κ3) is 5.74. The van der Waals surface area contributed by atoms with E-state index < -0.39 is 11.7 Å². The molecule has 1 aromatic rings. The summed E-state index contributed by atoms with van der Waals surface area (Å²) in [6.07, 6.45) is -1.87. The van der Waals surface area contributed by atoms with Crippen LogP contribution in [0.25, 0.3) is 0 Å². The van der Waals surface area contributed by atoms with E-state index in [2.05, 4.69) is 15.9 Å². The average molecular weight is 393 g/mol. The van der Waals surface area contributed by atoms with E-state index >= 15 is 0 Å². The lowest BCUT2D eigenvalue weighted by Gasteiger charge is -2.13. The minimum Gasteiger partial charge on any atom is -0.511 e. The van der Waals surface area contributed by atoms with Crippen molar-refractivity contribution < 1.29 is 27.8 Å². The van der Waals surface area contributed by atoms with E-state index in [1.807, 2.05) is 6.92 Å². The number of rotatable bonds is 6. The molecule has 0 amide bonds. The Bertz CT molecular complexity index is 630. The minimum absolute atomic E-state index is 0.00102. The van der Waals surface area contributed by atoms with Crippen LogP contribution in [0.4, 0.5) is 13.2 Å². The summed E-state index contributed by atoms with van der Waals surface area (Å²) >= 11 is 3.17. The molecule has 0 aliphatic rings. The predicted molar refractivity (Wildman–Crippen MR) is 85.0 cm³/mol. The summed E-state index contributed by atoms with van der Waals surface area (Å²) in [4.78, 5) is 10.9. The zero-order chi connectivity index (χ0) is 17.6. The lowest BCUT2D eigenvalue weighted by molar-refractivity contribution is -0.137. The summed E-state index contributed by atoms with van der Waals surface area (Å²) < 4.78 is 44.0. The second-order valence-electron chi connectivity index (χ2n) is 4.75. The molecule has 126 valence electrons. The van der Waals surface area contributed by atoms with Gasteiger partial charge in [0.05, 0.1) is 15.6 Å². The van der Waals surface area contributed by atoms with Crippen LogP contribution in [-0.4, -0.2) is 18.0 Å². The fraction of sp³-hybridized carbons (Fsp3) is 0.312. The highest BCUT2D eigenvalue weighted by Crippen LogP contribution is 2.33. The molecule has 1 N–H and O–H groups in total. The van der Waals surface area contributed by atoms with E-state index in [1.165, 1.54) is 6.92 Å². The van der Waals surface area contributed by atoms with Gasteiger partial charge >= 0.3 is 6.18 Å². The molecule has 23 heavy (non-hydrogen) atoms. The molecule has 0 saturated heterocycles. The van der Waals surface area contributed by atoms with Crippen LogP contribution in [0.3, 0.4) is 0 Å². The molecule has 3 nitrogen and oxygen atoms in total. The molecule has 0 aromatic heterocycles. The summed E-state index contributed by atoms with van der Waals surface area (Å²) in [6, 6.07) is 2.72. The number of aldehydes is 1. The normalized spacial score (nSPS) is 13.6. The first-order chi connectivity index (χ1) is 10.7. The Hall–Kier alpha value is -1.76. The van der Waals surface area contributed by atoms with E-state index in [1.54, 1.807) is 6.08 Å². The maximum absolute atomic E-state index is 12.7. The third-order valence-electron chi connectivity index (χ3n) is 3.01. The number of allylic oxidation sites excluding steroid dienone is 3. The predicted octanol–water partition coefficient (Wildman–Crippen LogP) is 5.42. The lowest BCUT2D eigenvalue weighted by atomic mass is 10.1. The van der Waals surface area contributed by atoms with E-state index in [4.69, 9.17) is 4.74 Å². The molecule has 0 atom stereocenters. The van der Waals surface area contributed by atoms with Gasteiger partial charge in [0.1, 0.15) is 18.1 Å². The van der Waals surface area contributed by atoms with Gasteiger partial charge in [-0.3, -0.25) is 4.79 Å². The highest BCUT2D eigenvalue weighted by atomic mass is 79.9. The van der Waals surface area contributed by atoms with Gasteiger partial charge in [0.15, 0.2) is 6.29 Å². The quantitative estimate of drug-likeness (QED) is 0.399. The molecule has 0 aliphatic heterocycles. The van der Waals surface area contributed by atoms with Crippen molar-refractivity contribution in [3.05, 3.63) is 51.2 Å². The molecule has 0 fully saturated rings. The molecule has 0 heterocycles. The average Bonchev–Trinajstić information content (AvgIpc) is 2.49. The maximum Gasteiger partial charge on any atom is 0.416 e. The molecule has 0 spiro atoms. The Balaban J connectivity index is 3.03. The molecule has 0 bridgehead atoms. The van der Waals surface area contributed by atoms with Gasteiger partial charge in [-0.2, -0.15) is 13.2 Å². The van der Waals surface area contributed by atoms with Crippen LogP contribution in [-0.2, 0) is 6.18 Å². The number of aliphatic hydroxyl groups excluding tert-OH is 1. The van der Waals surface area contributed by atoms with Crippen molar-refractivity contribution in [1.82, 2.24) is 0 Å². The molecule has 0 radical (unpaired) electrons. The molecule has 1 aromatic carbocycles. The van der Waals surface area contributed by atoms with Crippen LogP contribution in [0.5, 0.6) is 5.75 Å². The van der Waals surface area contributed by atoms with Crippen molar-refractivity contribution in [2.75, 3.05) is 6.61 Å². The number of hydrogen-bond acceptors (Lipinski definition) is 3. The van der Waals surface area contributed by atoms with Crippen LogP contribution >= 0.6 is 15.9 Å². The number of aliphatic hydroxyl groups is 1. The summed E-state index contributed by atoms with van der Waals surface area (Å²) in [7, 11) is 0. The Labute approximate surface area is 140 Å². The van der Waals surface area contributed by atoms with Crippen molar-refractivity contribution in [3.8, 4) is 5.75 Å². The van der Waals surface area contributed by atoms with Crippen LogP contribution in [0, 0.1) is 0 Å². The smallest absolute Gasteiger partial charge is 0.416 e. The van der Waals surface area contributed by atoms with Gasteiger partial charge in [-0.05, 0) is 59.1 Å². The van der Waals surface area contributed by atoms with Gasteiger partial charge in [-0.25, -0.2) is 0 Å². The number of carbonyl (C=O) groups excluding carboxylic acids is 1. The van der Waals surface area contributed by atoms with Crippen LogP contribution in [0.2, 0.25) is 0 Å². The minimum atomic E-state index is -4.51. The van der Waals surface area contributed by atoms with Crippen LogP contribution in [0.15, 0.2) is 40.1 Å². The molecule has 1 rings (SSSR count). The summed E-state index contributed by atoms with van der Waals surface area (Å²) in [5.74, 6) is -0.0569. The first-order valence-electron chi connectivity index (χ1n) is 6.73. The number of halogens is 4. The number of alkyl halides is 3.